The molecule has 0 bridgehead atoms. The minimum absolute atomic E-state index is 0.160. The third-order valence-corrected chi connectivity index (χ3v) is 4.34. The van der Waals surface area contributed by atoms with Gasteiger partial charge >= 0.3 is 0 Å². The fraction of sp³-hybridized carbons (Fsp3) is 0.417. The molecule has 0 N–H and O–H groups in total. The first-order chi connectivity index (χ1) is 7.28. The Bertz CT molecular complexity index is 479. The van der Waals surface area contributed by atoms with E-state index >= 15 is 0 Å². The molecule has 0 unspecified atom stereocenters. The van der Waals surface area contributed by atoms with Crippen LogP contribution >= 0.6 is 15.9 Å². The van der Waals surface area contributed by atoms with Crippen molar-refractivity contribution in [1.29, 1.82) is 0 Å². The molecule has 3 heteroatoms. The monoisotopic (exact) mass is 263 g/mol. The van der Waals surface area contributed by atoms with E-state index in [0.29, 0.717) is 0 Å². The third kappa shape index (κ3) is 1.17. The number of halogens is 1. The van der Waals surface area contributed by atoms with Crippen molar-refractivity contribution >= 4 is 22.0 Å². The lowest BCUT2D eigenvalue weighted by Gasteiger charge is -2.10. The summed E-state index contributed by atoms with van der Waals surface area (Å²) in [6, 6.07) is 6.50. The zero-order valence-corrected chi connectivity index (χ0v) is 9.75. The second kappa shape index (κ2) is 3.03. The molecule has 1 spiro atoms. The van der Waals surface area contributed by atoms with Crippen LogP contribution in [-0.2, 0) is 16.6 Å². The molecule has 2 atom stereocenters. The van der Waals surface area contributed by atoms with Crippen molar-refractivity contribution in [3.05, 3.63) is 33.8 Å². The minimum atomic E-state index is 0.160. The van der Waals surface area contributed by atoms with Gasteiger partial charge in [0.25, 0.3) is 0 Å². The number of benzene rings is 1. The summed E-state index contributed by atoms with van der Waals surface area (Å²) in [7, 11) is 0. The van der Waals surface area contributed by atoms with Gasteiger partial charge in [-0.3, -0.25) is 0 Å². The van der Waals surface area contributed by atoms with E-state index in [2.05, 4.69) is 39.1 Å². The summed E-state index contributed by atoms with van der Waals surface area (Å²) in [6.07, 6.45) is 4.94. The van der Waals surface area contributed by atoms with Gasteiger partial charge in [-0.25, -0.2) is 9.79 Å². The van der Waals surface area contributed by atoms with Crippen LogP contribution in [0.2, 0.25) is 0 Å². The number of carbonyl (C=O) groups excluding carboxylic acids is 1. The smallest absolute Gasteiger partial charge is 0.211 e. The summed E-state index contributed by atoms with van der Waals surface area (Å²) < 4.78 is 1.17. The number of aryl methyl sites for hydroxylation is 1. The fourth-order valence-corrected chi connectivity index (χ4v) is 3.68. The van der Waals surface area contributed by atoms with Crippen molar-refractivity contribution in [2.45, 2.75) is 30.7 Å². The lowest BCUT2D eigenvalue weighted by molar-refractivity contribution is 0.559. The van der Waals surface area contributed by atoms with E-state index in [4.69, 9.17) is 0 Å². The molecule has 1 saturated carbocycles. The van der Waals surface area contributed by atoms with Crippen LogP contribution in [-0.4, -0.2) is 12.1 Å². The van der Waals surface area contributed by atoms with Crippen LogP contribution < -0.4 is 0 Å². The molecular formula is C12H10BrNO. The van der Waals surface area contributed by atoms with Crippen LogP contribution in [0.5, 0.6) is 0 Å². The average molecular weight is 264 g/mol. The normalized spacial score (nSPS) is 31.1. The maximum atomic E-state index is 10.3. The molecule has 0 amide bonds. The summed E-state index contributed by atoms with van der Waals surface area (Å²) in [5.74, 6) is 0. The Labute approximate surface area is 96.5 Å². The first kappa shape index (κ1) is 9.32. The molecule has 1 aromatic rings. The van der Waals surface area contributed by atoms with Crippen LogP contribution in [0.1, 0.15) is 24.0 Å². The van der Waals surface area contributed by atoms with E-state index < -0.39 is 0 Å². The molecule has 2 nitrogen and oxygen atoms in total. The zero-order chi connectivity index (χ0) is 10.5. The molecule has 0 radical (unpaired) electrons. The Morgan fingerprint density at radius 3 is 3.20 bits per heavy atom. The predicted molar refractivity (Wildman–Crippen MR) is 60.7 cm³/mol. The molecule has 15 heavy (non-hydrogen) atoms. The van der Waals surface area contributed by atoms with Crippen molar-refractivity contribution in [1.82, 2.24) is 0 Å². The number of hydrogen-bond acceptors (Lipinski definition) is 2. The SMILES string of the molecule is O=C=N[C@H]1C[C@]12CCc1cccc(Br)c12. The standard InChI is InChI=1S/C12H10BrNO/c13-9-3-1-2-8-4-5-12(11(8)9)6-10(12)14-7-15/h1-3,10H,4-6H2/t10-,12+/m0/s1. The first-order valence-electron chi connectivity index (χ1n) is 5.13. The van der Waals surface area contributed by atoms with Crippen molar-refractivity contribution in [2.24, 2.45) is 4.99 Å². The quantitative estimate of drug-likeness (QED) is 0.566. The van der Waals surface area contributed by atoms with Gasteiger partial charge in [0.2, 0.25) is 6.08 Å². The Morgan fingerprint density at radius 2 is 2.40 bits per heavy atom. The Morgan fingerprint density at radius 1 is 1.53 bits per heavy atom. The molecule has 1 fully saturated rings. The minimum Gasteiger partial charge on any atom is -0.211 e. The van der Waals surface area contributed by atoms with E-state index in [1.54, 1.807) is 6.08 Å². The Hall–Kier alpha value is -0.920. The lowest BCUT2D eigenvalue weighted by Crippen LogP contribution is -2.07. The molecule has 0 aliphatic heterocycles. The number of aliphatic imine (C=N–C) groups is 1. The second-order valence-electron chi connectivity index (χ2n) is 4.37. The number of isocyanates is 1. The summed E-state index contributed by atoms with van der Waals surface area (Å²) >= 11 is 3.60. The van der Waals surface area contributed by atoms with Crippen molar-refractivity contribution < 1.29 is 4.79 Å². The van der Waals surface area contributed by atoms with Crippen LogP contribution in [0.4, 0.5) is 0 Å². The first-order valence-corrected chi connectivity index (χ1v) is 5.92. The van der Waals surface area contributed by atoms with E-state index in [1.165, 1.54) is 15.6 Å². The Balaban J connectivity index is 2.10. The second-order valence-corrected chi connectivity index (χ2v) is 5.22. The highest BCUT2D eigenvalue weighted by atomic mass is 79.9. The highest BCUT2D eigenvalue weighted by Gasteiger charge is 2.59. The van der Waals surface area contributed by atoms with Crippen LogP contribution in [0, 0.1) is 0 Å². The molecule has 2 aliphatic carbocycles. The van der Waals surface area contributed by atoms with Gasteiger partial charge in [-0.05, 0) is 36.5 Å². The molecule has 2 aliphatic rings. The maximum Gasteiger partial charge on any atom is 0.235 e. The van der Waals surface area contributed by atoms with Gasteiger partial charge < -0.3 is 0 Å². The number of nitrogens with zero attached hydrogens (tertiary/aromatic N) is 1. The van der Waals surface area contributed by atoms with Gasteiger partial charge in [-0.1, -0.05) is 28.1 Å². The highest BCUT2D eigenvalue weighted by Crippen LogP contribution is 2.60. The van der Waals surface area contributed by atoms with Gasteiger partial charge in [0.15, 0.2) is 0 Å². The largest absolute Gasteiger partial charge is 0.235 e. The van der Waals surface area contributed by atoms with Gasteiger partial charge in [0, 0.05) is 9.89 Å². The van der Waals surface area contributed by atoms with E-state index in [0.717, 1.165) is 19.3 Å². The Kier molecular flexibility index (Phi) is 1.88. The zero-order valence-electron chi connectivity index (χ0n) is 8.16. The van der Waals surface area contributed by atoms with Gasteiger partial charge in [0.1, 0.15) is 0 Å². The summed E-state index contributed by atoms with van der Waals surface area (Å²) in [5.41, 5.74) is 2.95. The average Bonchev–Trinajstić information content (AvgIpc) is 2.74. The third-order valence-electron chi connectivity index (χ3n) is 3.68. The predicted octanol–water partition coefficient (Wildman–Crippen LogP) is 2.74. The van der Waals surface area contributed by atoms with Crippen LogP contribution in [0.3, 0.4) is 0 Å². The molecule has 3 rings (SSSR count). The van der Waals surface area contributed by atoms with Gasteiger partial charge in [-0.2, -0.15) is 0 Å². The number of fused-ring (bicyclic) bond motifs is 2. The van der Waals surface area contributed by atoms with E-state index in [1.807, 2.05) is 0 Å². The topological polar surface area (TPSA) is 29.4 Å². The number of rotatable bonds is 1. The molecular weight excluding hydrogens is 254 g/mol. The van der Waals surface area contributed by atoms with E-state index in [-0.39, 0.29) is 11.5 Å². The maximum absolute atomic E-state index is 10.3. The molecule has 1 aromatic carbocycles. The highest BCUT2D eigenvalue weighted by molar-refractivity contribution is 9.10. The fourth-order valence-electron chi connectivity index (χ4n) is 2.87. The van der Waals surface area contributed by atoms with Crippen molar-refractivity contribution in [3.63, 3.8) is 0 Å². The molecule has 0 saturated heterocycles. The molecule has 0 heterocycles. The molecule has 0 aromatic heterocycles. The molecule has 76 valence electrons. The van der Waals surface area contributed by atoms with Crippen LogP contribution in [0.15, 0.2) is 27.7 Å². The van der Waals surface area contributed by atoms with Gasteiger partial charge in [-0.15, -0.1) is 0 Å². The van der Waals surface area contributed by atoms with Crippen LogP contribution in [0.25, 0.3) is 0 Å². The van der Waals surface area contributed by atoms with Crippen molar-refractivity contribution in [2.75, 3.05) is 0 Å². The lowest BCUT2D eigenvalue weighted by atomic mass is 9.98. The summed E-state index contributed by atoms with van der Waals surface area (Å²) in [6.45, 7) is 0. The van der Waals surface area contributed by atoms with Gasteiger partial charge in [0.05, 0.1) is 6.04 Å². The number of hydrogen-bond donors (Lipinski definition) is 0. The summed E-state index contributed by atoms with van der Waals surface area (Å²) in [4.78, 5) is 14.2. The summed E-state index contributed by atoms with van der Waals surface area (Å²) in [5, 5.41) is 0. The van der Waals surface area contributed by atoms with E-state index in [9.17, 15) is 4.79 Å². The van der Waals surface area contributed by atoms with Crippen molar-refractivity contribution in [3.8, 4) is 0 Å².